The van der Waals surface area contributed by atoms with Gasteiger partial charge in [-0.1, -0.05) is 30.3 Å². The molecule has 2 aromatic rings. The van der Waals surface area contributed by atoms with Crippen LogP contribution < -0.4 is 0 Å². The number of nitrogens with zero attached hydrogens (tertiary/aromatic N) is 2. The molecule has 1 amide bonds. The second-order valence-corrected chi connectivity index (χ2v) is 4.99. The van der Waals surface area contributed by atoms with Crippen LogP contribution in [0, 0.1) is 0 Å². The molecule has 1 unspecified atom stereocenters. The van der Waals surface area contributed by atoms with Crippen LogP contribution in [0.25, 0.3) is 0 Å². The molecule has 0 fully saturated rings. The number of pyridine rings is 1. The number of fused-ring (bicyclic) bond motifs is 1. The maximum atomic E-state index is 12.4. The van der Waals surface area contributed by atoms with Crippen LogP contribution in [0.3, 0.4) is 0 Å². The van der Waals surface area contributed by atoms with Crippen molar-refractivity contribution >= 4 is 11.9 Å². The summed E-state index contributed by atoms with van der Waals surface area (Å²) < 4.78 is 0. The lowest BCUT2D eigenvalue weighted by molar-refractivity contribution is -0.139. The molecule has 1 aromatic heterocycles. The molecule has 5 nitrogen and oxygen atoms in total. The lowest BCUT2D eigenvalue weighted by atomic mass is 9.89. The molecule has 1 aromatic carbocycles. The summed E-state index contributed by atoms with van der Waals surface area (Å²) in [6.07, 6.45) is 1.56. The molecule has 106 valence electrons. The highest BCUT2D eigenvalue weighted by molar-refractivity contribution is 5.93. The minimum Gasteiger partial charge on any atom is -0.481 e. The number of hydrogen-bond acceptors (Lipinski definition) is 3. The summed E-state index contributed by atoms with van der Waals surface area (Å²) >= 11 is 0. The third-order valence-electron chi connectivity index (χ3n) is 3.66. The monoisotopic (exact) mass is 282 g/mol. The second kappa shape index (κ2) is 5.36. The standard InChI is InChI=1S/C16H14N2O3/c19-15(14-7-3-4-8-17-14)18-9-11-5-1-2-6-12(11)13(10-18)16(20)21/h1-8,13H,9-10H2,(H,20,21). The summed E-state index contributed by atoms with van der Waals surface area (Å²) in [5, 5.41) is 9.40. The molecule has 1 aliphatic heterocycles. The third-order valence-corrected chi connectivity index (χ3v) is 3.66. The Morgan fingerprint density at radius 2 is 1.90 bits per heavy atom. The minimum absolute atomic E-state index is 0.168. The van der Waals surface area contributed by atoms with Crippen molar-refractivity contribution in [1.29, 1.82) is 0 Å². The number of aromatic nitrogens is 1. The van der Waals surface area contributed by atoms with E-state index in [2.05, 4.69) is 4.98 Å². The zero-order valence-electron chi connectivity index (χ0n) is 11.3. The Kier molecular flexibility index (Phi) is 3.39. The maximum absolute atomic E-state index is 12.4. The van der Waals surface area contributed by atoms with Gasteiger partial charge in [-0.3, -0.25) is 14.6 Å². The smallest absolute Gasteiger partial charge is 0.312 e. The number of aliphatic carboxylic acids is 1. The number of amides is 1. The normalized spacial score (nSPS) is 17.1. The Labute approximate surface area is 121 Å². The topological polar surface area (TPSA) is 70.5 Å². The van der Waals surface area contributed by atoms with Gasteiger partial charge >= 0.3 is 5.97 Å². The van der Waals surface area contributed by atoms with E-state index in [4.69, 9.17) is 0 Å². The first-order chi connectivity index (χ1) is 10.2. The zero-order valence-corrected chi connectivity index (χ0v) is 11.3. The number of carboxylic acids is 1. The second-order valence-electron chi connectivity index (χ2n) is 4.99. The van der Waals surface area contributed by atoms with Crippen LogP contribution in [0.5, 0.6) is 0 Å². The average molecular weight is 282 g/mol. The number of benzene rings is 1. The van der Waals surface area contributed by atoms with Gasteiger partial charge in [-0.25, -0.2) is 0 Å². The van der Waals surface area contributed by atoms with Crippen molar-refractivity contribution in [2.45, 2.75) is 12.5 Å². The van der Waals surface area contributed by atoms with E-state index in [0.29, 0.717) is 12.2 Å². The number of carbonyl (C=O) groups is 2. The molecule has 0 radical (unpaired) electrons. The molecule has 1 aliphatic rings. The summed E-state index contributed by atoms with van der Waals surface area (Å²) in [4.78, 5) is 29.5. The molecular weight excluding hydrogens is 268 g/mol. The highest BCUT2D eigenvalue weighted by Crippen LogP contribution is 2.29. The Balaban J connectivity index is 1.93. The van der Waals surface area contributed by atoms with Gasteiger partial charge in [0.2, 0.25) is 0 Å². The molecule has 21 heavy (non-hydrogen) atoms. The Morgan fingerprint density at radius 3 is 2.62 bits per heavy atom. The molecule has 1 atom stereocenters. The molecule has 0 spiro atoms. The quantitative estimate of drug-likeness (QED) is 0.913. The molecule has 1 N–H and O–H groups in total. The van der Waals surface area contributed by atoms with E-state index < -0.39 is 11.9 Å². The van der Waals surface area contributed by atoms with Crippen molar-refractivity contribution in [3.63, 3.8) is 0 Å². The fraction of sp³-hybridized carbons (Fsp3) is 0.188. The maximum Gasteiger partial charge on any atom is 0.312 e. The molecule has 5 heteroatoms. The summed E-state index contributed by atoms with van der Waals surface area (Å²) in [5.41, 5.74) is 2.00. The van der Waals surface area contributed by atoms with Crippen molar-refractivity contribution in [3.05, 3.63) is 65.5 Å². The lowest BCUT2D eigenvalue weighted by Gasteiger charge is -2.32. The van der Waals surface area contributed by atoms with E-state index in [1.807, 2.05) is 24.3 Å². The van der Waals surface area contributed by atoms with Gasteiger partial charge in [-0.15, -0.1) is 0 Å². The summed E-state index contributed by atoms with van der Waals surface area (Å²) in [5.74, 6) is -1.85. The highest BCUT2D eigenvalue weighted by Gasteiger charge is 2.32. The van der Waals surface area contributed by atoms with E-state index in [9.17, 15) is 14.7 Å². The van der Waals surface area contributed by atoms with Crippen LogP contribution in [0.15, 0.2) is 48.7 Å². The summed E-state index contributed by atoms with van der Waals surface area (Å²) in [6, 6.07) is 12.5. The average Bonchev–Trinajstić information content (AvgIpc) is 2.53. The Morgan fingerprint density at radius 1 is 1.14 bits per heavy atom. The number of carboxylic acid groups (broad SMARTS) is 1. The first-order valence-corrected chi connectivity index (χ1v) is 6.67. The van der Waals surface area contributed by atoms with Crippen molar-refractivity contribution < 1.29 is 14.7 Å². The van der Waals surface area contributed by atoms with Gasteiger partial charge in [0.15, 0.2) is 0 Å². The van der Waals surface area contributed by atoms with E-state index in [1.165, 1.54) is 0 Å². The molecule has 2 heterocycles. The fourth-order valence-electron chi connectivity index (χ4n) is 2.62. The van der Waals surface area contributed by atoms with Crippen LogP contribution in [0.1, 0.15) is 27.5 Å². The van der Waals surface area contributed by atoms with E-state index in [-0.39, 0.29) is 12.5 Å². The van der Waals surface area contributed by atoms with Crippen molar-refractivity contribution in [2.24, 2.45) is 0 Å². The van der Waals surface area contributed by atoms with Crippen molar-refractivity contribution in [1.82, 2.24) is 9.88 Å². The molecule has 0 saturated heterocycles. The van der Waals surface area contributed by atoms with Gasteiger partial charge in [0.05, 0.1) is 5.92 Å². The fourth-order valence-corrected chi connectivity index (χ4v) is 2.62. The number of rotatable bonds is 2. The van der Waals surface area contributed by atoms with E-state index in [0.717, 1.165) is 11.1 Å². The Hall–Kier alpha value is -2.69. The molecule has 0 bridgehead atoms. The van der Waals surface area contributed by atoms with Crippen LogP contribution in [-0.4, -0.2) is 33.4 Å². The van der Waals surface area contributed by atoms with E-state index in [1.54, 1.807) is 29.3 Å². The van der Waals surface area contributed by atoms with E-state index >= 15 is 0 Å². The van der Waals surface area contributed by atoms with Gasteiger partial charge in [-0.05, 0) is 23.3 Å². The number of carbonyl (C=O) groups excluding carboxylic acids is 1. The third kappa shape index (κ3) is 2.50. The number of hydrogen-bond donors (Lipinski definition) is 1. The largest absolute Gasteiger partial charge is 0.481 e. The first kappa shape index (κ1) is 13.3. The SMILES string of the molecule is O=C(O)C1CN(C(=O)c2ccccn2)Cc2ccccc21. The van der Waals surface area contributed by atoms with Crippen molar-refractivity contribution in [2.75, 3.05) is 6.54 Å². The minimum atomic E-state index is -0.916. The van der Waals surface area contributed by atoms with Crippen LogP contribution in [-0.2, 0) is 11.3 Å². The van der Waals surface area contributed by atoms with Crippen LogP contribution in [0.4, 0.5) is 0 Å². The predicted octanol–water partition coefficient (Wildman–Crippen LogP) is 1.91. The molecule has 0 aliphatic carbocycles. The molecular formula is C16H14N2O3. The van der Waals surface area contributed by atoms with Gasteiger partial charge < -0.3 is 10.0 Å². The molecule has 3 rings (SSSR count). The van der Waals surface area contributed by atoms with Crippen LogP contribution >= 0.6 is 0 Å². The molecule has 0 saturated carbocycles. The van der Waals surface area contributed by atoms with Gasteiger partial charge in [0.25, 0.3) is 5.91 Å². The lowest BCUT2D eigenvalue weighted by Crippen LogP contribution is -2.40. The summed E-state index contributed by atoms with van der Waals surface area (Å²) in [7, 11) is 0. The van der Waals surface area contributed by atoms with Gasteiger partial charge in [0.1, 0.15) is 5.69 Å². The summed E-state index contributed by atoms with van der Waals surface area (Å²) in [6.45, 7) is 0.580. The first-order valence-electron chi connectivity index (χ1n) is 6.67. The predicted molar refractivity (Wildman–Crippen MR) is 75.8 cm³/mol. The highest BCUT2D eigenvalue weighted by atomic mass is 16.4. The Bertz CT molecular complexity index is 685. The van der Waals surface area contributed by atoms with Crippen LogP contribution in [0.2, 0.25) is 0 Å². The van der Waals surface area contributed by atoms with Gasteiger partial charge in [-0.2, -0.15) is 0 Å². The van der Waals surface area contributed by atoms with Crippen molar-refractivity contribution in [3.8, 4) is 0 Å². The van der Waals surface area contributed by atoms with Gasteiger partial charge in [0, 0.05) is 19.3 Å². The zero-order chi connectivity index (χ0) is 14.8.